The van der Waals surface area contributed by atoms with Crippen LogP contribution in [0, 0.1) is 0 Å². The summed E-state index contributed by atoms with van der Waals surface area (Å²) in [4.78, 5) is 4.16. The predicted octanol–water partition coefficient (Wildman–Crippen LogP) is 1.04. The Bertz CT molecular complexity index is 282. The maximum absolute atomic E-state index is 5.55. The van der Waals surface area contributed by atoms with E-state index in [2.05, 4.69) is 11.1 Å². The molecule has 1 aliphatic rings. The molecule has 1 unspecified atom stereocenters. The molecule has 2 rings (SSSR count). The fraction of sp³-hybridized carbons (Fsp3) is 0.500. The monoisotopic (exact) mass is 178 g/mol. The third-order valence-corrected chi connectivity index (χ3v) is 2.45. The summed E-state index contributed by atoms with van der Waals surface area (Å²) in [5, 5.41) is 0. The first kappa shape index (κ1) is 8.66. The molecule has 70 valence electrons. The van der Waals surface area contributed by atoms with Gasteiger partial charge in [-0.15, -0.1) is 0 Å². The van der Waals surface area contributed by atoms with E-state index in [1.165, 1.54) is 5.56 Å². The van der Waals surface area contributed by atoms with Crippen LogP contribution in [0.25, 0.3) is 0 Å². The smallest absolute Gasteiger partial charge is 0.0536 e. The molecule has 1 fully saturated rings. The molecule has 13 heavy (non-hydrogen) atoms. The fourth-order valence-corrected chi connectivity index (χ4v) is 1.64. The SMILES string of the molecule is NCc1cncc(C2CCOC2)c1. The van der Waals surface area contributed by atoms with Gasteiger partial charge in [-0.1, -0.05) is 6.07 Å². The summed E-state index contributed by atoms with van der Waals surface area (Å²) in [7, 11) is 0. The minimum absolute atomic E-state index is 0.527. The topological polar surface area (TPSA) is 48.1 Å². The van der Waals surface area contributed by atoms with Gasteiger partial charge in [0.1, 0.15) is 0 Å². The fourth-order valence-electron chi connectivity index (χ4n) is 1.64. The predicted molar refractivity (Wildman–Crippen MR) is 50.3 cm³/mol. The van der Waals surface area contributed by atoms with Crippen LogP contribution in [0.5, 0.6) is 0 Å². The lowest BCUT2D eigenvalue weighted by atomic mass is 9.99. The zero-order valence-corrected chi connectivity index (χ0v) is 7.57. The minimum atomic E-state index is 0.527. The lowest BCUT2D eigenvalue weighted by molar-refractivity contribution is 0.194. The molecule has 3 nitrogen and oxygen atoms in total. The van der Waals surface area contributed by atoms with Crippen LogP contribution in [-0.4, -0.2) is 18.2 Å². The Labute approximate surface area is 77.9 Å². The Kier molecular flexibility index (Phi) is 2.57. The lowest BCUT2D eigenvalue weighted by Crippen LogP contribution is -2.02. The van der Waals surface area contributed by atoms with Crippen LogP contribution < -0.4 is 5.73 Å². The molecule has 0 amide bonds. The highest BCUT2D eigenvalue weighted by atomic mass is 16.5. The molecule has 1 aromatic heterocycles. The molecular formula is C10H14N2O. The van der Waals surface area contributed by atoms with Gasteiger partial charge in [0.05, 0.1) is 6.61 Å². The molecule has 1 saturated heterocycles. The summed E-state index contributed by atoms with van der Waals surface area (Å²) in [6, 6.07) is 2.13. The van der Waals surface area contributed by atoms with E-state index in [4.69, 9.17) is 10.5 Å². The van der Waals surface area contributed by atoms with Gasteiger partial charge in [0.2, 0.25) is 0 Å². The maximum atomic E-state index is 5.55. The van der Waals surface area contributed by atoms with E-state index in [1.807, 2.05) is 12.4 Å². The summed E-state index contributed by atoms with van der Waals surface area (Å²) in [5.74, 6) is 0.527. The van der Waals surface area contributed by atoms with E-state index in [9.17, 15) is 0 Å². The van der Waals surface area contributed by atoms with Gasteiger partial charge < -0.3 is 10.5 Å². The van der Waals surface area contributed by atoms with E-state index in [-0.39, 0.29) is 0 Å². The van der Waals surface area contributed by atoms with Crippen molar-refractivity contribution in [3.8, 4) is 0 Å². The van der Waals surface area contributed by atoms with Crippen molar-refractivity contribution in [1.82, 2.24) is 4.98 Å². The lowest BCUT2D eigenvalue weighted by Gasteiger charge is -2.07. The number of aromatic nitrogens is 1. The van der Waals surface area contributed by atoms with Gasteiger partial charge in [0.25, 0.3) is 0 Å². The first-order chi connectivity index (χ1) is 6.40. The normalized spacial score (nSPS) is 22.1. The zero-order valence-electron chi connectivity index (χ0n) is 7.57. The molecule has 0 bridgehead atoms. The number of ether oxygens (including phenoxy) is 1. The average molecular weight is 178 g/mol. The number of nitrogens with zero attached hydrogens (tertiary/aromatic N) is 1. The number of nitrogens with two attached hydrogens (primary N) is 1. The van der Waals surface area contributed by atoms with Gasteiger partial charge in [-0.25, -0.2) is 0 Å². The Balaban J connectivity index is 2.18. The highest BCUT2D eigenvalue weighted by Crippen LogP contribution is 2.24. The van der Waals surface area contributed by atoms with Gasteiger partial charge in [-0.2, -0.15) is 0 Å². The number of pyridine rings is 1. The quantitative estimate of drug-likeness (QED) is 0.736. The van der Waals surface area contributed by atoms with Gasteiger partial charge in [-0.05, 0) is 17.5 Å². The van der Waals surface area contributed by atoms with Gasteiger partial charge in [0.15, 0.2) is 0 Å². The largest absolute Gasteiger partial charge is 0.381 e. The van der Waals surface area contributed by atoms with Gasteiger partial charge in [0, 0.05) is 31.5 Å². The van der Waals surface area contributed by atoms with Crippen LogP contribution in [0.4, 0.5) is 0 Å². The van der Waals surface area contributed by atoms with Crippen molar-refractivity contribution in [1.29, 1.82) is 0 Å². The Morgan fingerprint density at radius 3 is 3.15 bits per heavy atom. The molecular weight excluding hydrogens is 164 g/mol. The number of rotatable bonds is 2. The van der Waals surface area contributed by atoms with Gasteiger partial charge in [-0.3, -0.25) is 4.98 Å². The van der Waals surface area contributed by atoms with Crippen LogP contribution in [0.1, 0.15) is 23.5 Å². The minimum Gasteiger partial charge on any atom is -0.381 e. The highest BCUT2D eigenvalue weighted by Gasteiger charge is 2.17. The summed E-state index contributed by atoms with van der Waals surface area (Å²) < 4.78 is 5.33. The molecule has 0 aromatic carbocycles. The van der Waals surface area contributed by atoms with Crippen molar-refractivity contribution in [3.05, 3.63) is 29.6 Å². The van der Waals surface area contributed by atoms with Gasteiger partial charge >= 0.3 is 0 Å². The molecule has 1 aliphatic heterocycles. The van der Waals surface area contributed by atoms with E-state index < -0.39 is 0 Å². The Morgan fingerprint density at radius 1 is 1.54 bits per heavy atom. The molecule has 0 saturated carbocycles. The molecule has 2 heterocycles. The summed E-state index contributed by atoms with van der Waals surface area (Å²) >= 11 is 0. The van der Waals surface area contributed by atoms with E-state index in [1.54, 1.807) is 0 Å². The van der Waals surface area contributed by atoms with Crippen LogP contribution in [0.3, 0.4) is 0 Å². The van der Waals surface area contributed by atoms with Crippen molar-refractivity contribution in [2.75, 3.05) is 13.2 Å². The first-order valence-electron chi connectivity index (χ1n) is 4.62. The molecule has 0 spiro atoms. The zero-order chi connectivity index (χ0) is 9.10. The number of hydrogen-bond acceptors (Lipinski definition) is 3. The second-order valence-corrected chi connectivity index (χ2v) is 3.39. The van der Waals surface area contributed by atoms with Crippen LogP contribution in [-0.2, 0) is 11.3 Å². The van der Waals surface area contributed by atoms with E-state index >= 15 is 0 Å². The molecule has 3 heteroatoms. The molecule has 2 N–H and O–H groups in total. The second-order valence-electron chi connectivity index (χ2n) is 3.39. The summed E-state index contributed by atoms with van der Waals surface area (Å²) in [6.07, 6.45) is 4.84. The third kappa shape index (κ3) is 1.87. The van der Waals surface area contributed by atoms with Crippen molar-refractivity contribution in [2.45, 2.75) is 18.9 Å². The maximum Gasteiger partial charge on any atom is 0.0536 e. The molecule has 0 radical (unpaired) electrons. The second kappa shape index (κ2) is 3.85. The van der Waals surface area contributed by atoms with Crippen LogP contribution in [0.2, 0.25) is 0 Å². The standard InChI is InChI=1S/C10H14N2O/c11-4-8-3-10(6-12-5-8)9-1-2-13-7-9/h3,5-6,9H,1-2,4,7,11H2. The molecule has 1 aromatic rings. The van der Waals surface area contributed by atoms with Crippen LogP contribution >= 0.6 is 0 Å². The van der Waals surface area contributed by atoms with Crippen molar-refractivity contribution in [3.63, 3.8) is 0 Å². The van der Waals surface area contributed by atoms with E-state index in [0.29, 0.717) is 12.5 Å². The highest BCUT2D eigenvalue weighted by molar-refractivity contribution is 5.22. The van der Waals surface area contributed by atoms with Crippen LogP contribution in [0.15, 0.2) is 18.5 Å². The van der Waals surface area contributed by atoms with E-state index in [0.717, 1.165) is 25.2 Å². The molecule has 1 atom stereocenters. The summed E-state index contributed by atoms with van der Waals surface area (Å²) in [6.45, 7) is 2.27. The summed E-state index contributed by atoms with van der Waals surface area (Å²) in [5.41, 5.74) is 7.91. The average Bonchev–Trinajstić information content (AvgIpc) is 2.71. The number of hydrogen-bond donors (Lipinski definition) is 1. The Morgan fingerprint density at radius 2 is 2.46 bits per heavy atom. The third-order valence-electron chi connectivity index (χ3n) is 2.45. The Hall–Kier alpha value is -0.930. The van der Waals surface area contributed by atoms with Crippen molar-refractivity contribution >= 4 is 0 Å². The first-order valence-corrected chi connectivity index (χ1v) is 4.62. The molecule has 0 aliphatic carbocycles. The van der Waals surface area contributed by atoms with Crippen molar-refractivity contribution < 1.29 is 4.74 Å². The van der Waals surface area contributed by atoms with Crippen molar-refractivity contribution in [2.24, 2.45) is 5.73 Å².